The Hall–Kier alpha value is -5.49. The molecule has 48 heavy (non-hydrogen) atoms. The molecule has 0 saturated carbocycles. The third kappa shape index (κ3) is 8.07. The molecule has 0 aliphatic carbocycles. The summed E-state index contributed by atoms with van der Waals surface area (Å²) in [5.74, 6) is 0.266. The molecule has 244 valence electrons. The molecule has 6 heteroatoms. The van der Waals surface area contributed by atoms with Crippen LogP contribution < -0.4 is 9.47 Å². The first-order valence-corrected chi connectivity index (χ1v) is 16.1. The first kappa shape index (κ1) is 33.9. The quantitative estimate of drug-likeness (QED) is 0.0686. The average Bonchev–Trinajstić information content (AvgIpc) is 3.12. The van der Waals surface area contributed by atoms with Gasteiger partial charge in [-0.1, -0.05) is 91.9 Å². The Morgan fingerprint density at radius 1 is 0.729 bits per heavy atom. The van der Waals surface area contributed by atoms with Crippen LogP contribution in [0.15, 0.2) is 115 Å². The second kappa shape index (κ2) is 16.4. The van der Waals surface area contributed by atoms with Crippen molar-refractivity contribution in [1.29, 1.82) is 0 Å². The van der Waals surface area contributed by atoms with E-state index in [1.807, 2.05) is 55.5 Å². The van der Waals surface area contributed by atoms with Gasteiger partial charge in [0.1, 0.15) is 17.3 Å². The van der Waals surface area contributed by atoms with E-state index in [9.17, 15) is 14.0 Å². The van der Waals surface area contributed by atoms with Crippen LogP contribution in [0.4, 0.5) is 4.39 Å². The van der Waals surface area contributed by atoms with Gasteiger partial charge in [0.2, 0.25) is 0 Å². The number of hydrogen-bond acceptors (Lipinski definition) is 5. The van der Waals surface area contributed by atoms with Crippen molar-refractivity contribution < 1.29 is 28.2 Å². The van der Waals surface area contributed by atoms with Gasteiger partial charge in [0, 0.05) is 23.1 Å². The minimum Gasteiger partial charge on any atom is -0.493 e. The van der Waals surface area contributed by atoms with Crippen LogP contribution in [0.25, 0.3) is 17.2 Å². The summed E-state index contributed by atoms with van der Waals surface area (Å²) < 4.78 is 31.2. The number of halogens is 1. The fourth-order valence-electron chi connectivity index (χ4n) is 5.68. The molecule has 0 fully saturated rings. The number of allylic oxidation sites excluding steroid dienone is 1. The van der Waals surface area contributed by atoms with Crippen LogP contribution in [0, 0.1) is 5.82 Å². The van der Waals surface area contributed by atoms with Crippen molar-refractivity contribution in [3.63, 3.8) is 0 Å². The van der Waals surface area contributed by atoms with Crippen LogP contribution in [0.3, 0.4) is 0 Å². The molecule has 0 aliphatic heterocycles. The largest absolute Gasteiger partial charge is 0.493 e. The number of ketones is 1. The number of esters is 1. The minimum absolute atomic E-state index is 0.212. The Labute approximate surface area is 281 Å². The Kier molecular flexibility index (Phi) is 11.5. The first-order chi connectivity index (χ1) is 23.4. The maximum absolute atomic E-state index is 13.7. The van der Waals surface area contributed by atoms with Crippen molar-refractivity contribution in [2.24, 2.45) is 0 Å². The van der Waals surface area contributed by atoms with Crippen LogP contribution in [-0.2, 0) is 17.6 Å². The summed E-state index contributed by atoms with van der Waals surface area (Å²) in [7, 11) is 1.29. The molecule has 0 radical (unpaired) electrons. The second-order valence-electron chi connectivity index (χ2n) is 11.3. The summed E-state index contributed by atoms with van der Waals surface area (Å²) in [5, 5.41) is 0. The van der Waals surface area contributed by atoms with Gasteiger partial charge in [-0.2, -0.15) is 0 Å². The van der Waals surface area contributed by atoms with Gasteiger partial charge in [-0.15, -0.1) is 0 Å². The van der Waals surface area contributed by atoms with Crippen molar-refractivity contribution >= 4 is 17.8 Å². The maximum Gasteiger partial charge on any atom is 0.338 e. The number of ether oxygens (including phenoxy) is 3. The highest BCUT2D eigenvalue weighted by atomic mass is 19.1. The van der Waals surface area contributed by atoms with E-state index in [0.717, 1.165) is 34.4 Å². The molecule has 0 N–H and O–H groups in total. The zero-order valence-electron chi connectivity index (χ0n) is 27.5. The lowest BCUT2D eigenvalue weighted by molar-refractivity contribution is 0.0597. The van der Waals surface area contributed by atoms with E-state index >= 15 is 0 Å². The summed E-state index contributed by atoms with van der Waals surface area (Å²) in [6, 6.07) is 33.1. The van der Waals surface area contributed by atoms with Gasteiger partial charge in [0.05, 0.1) is 25.9 Å². The van der Waals surface area contributed by atoms with Gasteiger partial charge in [-0.3, -0.25) is 4.79 Å². The summed E-state index contributed by atoms with van der Waals surface area (Å²) in [4.78, 5) is 26.0. The molecule has 0 atom stereocenters. The lowest BCUT2D eigenvalue weighted by Gasteiger charge is -2.18. The summed E-state index contributed by atoms with van der Waals surface area (Å²) in [6.07, 6.45) is 5.78. The number of carbonyl (C=O) groups excluding carboxylic acids is 2. The predicted octanol–water partition coefficient (Wildman–Crippen LogP) is 9.54. The second-order valence-corrected chi connectivity index (χ2v) is 11.3. The van der Waals surface area contributed by atoms with Crippen molar-refractivity contribution in [3.8, 4) is 22.6 Å². The Balaban J connectivity index is 1.32. The number of aryl methyl sites for hydroxylation is 1. The number of methoxy groups -OCH3 is 1. The molecular formula is C42H39FO5. The smallest absolute Gasteiger partial charge is 0.338 e. The lowest BCUT2D eigenvalue weighted by Crippen LogP contribution is -2.13. The van der Waals surface area contributed by atoms with Gasteiger partial charge < -0.3 is 14.2 Å². The molecule has 5 aromatic rings. The van der Waals surface area contributed by atoms with E-state index < -0.39 is 5.97 Å². The molecule has 5 aromatic carbocycles. The summed E-state index contributed by atoms with van der Waals surface area (Å²) in [6.45, 7) is 4.77. The minimum atomic E-state index is -0.567. The maximum atomic E-state index is 13.7. The van der Waals surface area contributed by atoms with E-state index in [2.05, 4.69) is 31.2 Å². The van der Waals surface area contributed by atoms with E-state index in [1.165, 1.54) is 24.8 Å². The SMILES string of the molecule is C/C=C/c1c(OCCCOc2cc(Cc3ccccc3)c(-c3ccc(F)cc3)cc2CC)cccc1C(=O)c1ccccc1C(=O)OC. The highest BCUT2D eigenvalue weighted by molar-refractivity contribution is 6.16. The number of carbonyl (C=O) groups is 2. The van der Waals surface area contributed by atoms with Crippen molar-refractivity contribution in [2.45, 2.75) is 33.1 Å². The molecule has 0 amide bonds. The topological polar surface area (TPSA) is 61.8 Å². The van der Waals surface area contributed by atoms with Crippen molar-refractivity contribution in [3.05, 3.63) is 160 Å². The Morgan fingerprint density at radius 3 is 2.08 bits per heavy atom. The van der Waals surface area contributed by atoms with Crippen LogP contribution >= 0.6 is 0 Å². The zero-order valence-corrected chi connectivity index (χ0v) is 27.5. The molecule has 5 nitrogen and oxygen atoms in total. The summed E-state index contributed by atoms with van der Waals surface area (Å²) >= 11 is 0. The van der Waals surface area contributed by atoms with Crippen molar-refractivity contribution in [2.75, 3.05) is 20.3 Å². The first-order valence-electron chi connectivity index (χ1n) is 16.1. The molecule has 0 aliphatic rings. The average molecular weight is 643 g/mol. The highest BCUT2D eigenvalue weighted by Gasteiger charge is 2.22. The molecule has 0 unspecified atom stereocenters. The van der Waals surface area contributed by atoms with Gasteiger partial charge >= 0.3 is 5.97 Å². The molecule has 0 saturated heterocycles. The van der Waals surface area contributed by atoms with Crippen LogP contribution in [-0.4, -0.2) is 32.1 Å². The normalized spacial score (nSPS) is 11.0. The highest BCUT2D eigenvalue weighted by Crippen LogP contribution is 2.34. The van der Waals surface area contributed by atoms with Crippen LogP contribution in [0.2, 0.25) is 0 Å². The van der Waals surface area contributed by atoms with Crippen LogP contribution in [0.1, 0.15) is 68.8 Å². The van der Waals surface area contributed by atoms with E-state index in [-0.39, 0.29) is 22.7 Å². The molecule has 5 rings (SSSR count). The number of rotatable bonds is 14. The van der Waals surface area contributed by atoms with Gasteiger partial charge in [0.15, 0.2) is 5.78 Å². The van der Waals surface area contributed by atoms with Crippen molar-refractivity contribution in [1.82, 2.24) is 0 Å². The Bertz CT molecular complexity index is 1890. The molecule has 0 heterocycles. The number of benzene rings is 5. The molecular weight excluding hydrogens is 603 g/mol. The fraction of sp³-hybridized carbons (Fsp3) is 0.190. The van der Waals surface area contributed by atoms with E-state index in [0.29, 0.717) is 42.9 Å². The molecule has 0 spiro atoms. The zero-order chi connectivity index (χ0) is 33.9. The van der Waals surface area contributed by atoms with Gasteiger partial charge in [0.25, 0.3) is 0 Å². The van der Waals surface area contributed by atoms with Gasteiger partial charge in [-0.25, -0.2) is 9.18 Å². The number of hydrogen-bond donors (Lipinski definition) is 0. The van der Waals surface area contributed by atoms with E-state index in [4.69, 9.17) is 14.2 Å². The Morgan fingerprint density at radius 2 is 1.40 bits per heavy atom. The molecule has 0 bridgehead atoms. The standard InChI is InChI=1S/C42H39FO5/c1-4-13-34-35(41(44)36-16-9-10-17-37(36)42(45)46-3)18-11-19-39(34)47-24-12-25-48-40-28-32(26-29-14-7-6-8-15-29)38(27-30(40)5-2)31-20-22-33(43)23-21-31/h4,6-11,13-23,27-28H,5,12,24-26H2,1-3H3/b13-4+. The third-order valence-corrected chi connectivity index (χ3v) is 8.08. The predicted molar refractivity (Wildman–Crippen MR) is 188 cm³/mol. The third-order valence-electron chi connectivity index (χ3n) is 8.08. The summed E-state index contributed by atoms with van der Waals surface area (Å²) in [5.41, 5.74) is 6.92. The van der Waals surface area contributed by atoms with Crippen LogP contribution in [0.5, 0.6) is 11.5 Å². The lowest BCUT2D eigenvalue weighted by atomic mass is 9.92. The van der Waals surface area contributed by atoms with Gasteiger partial charge in [-0.05, 0) is 84.0 Å². The monoisotopic (exact) mass is 642 g/mol. The molecule has 0 aromatic heterocycles. The fourth-order valence-corrected chi connectivity index (χ4v) is 5.68. The van der Waals surface area contributed by atoms with E-state index in [1.54, 1.807) is 36.4 Å².